The molecule has 130 valence electrons. The molecule has 2 saturated heterocycles. The third kappa shape index (κ3) is 5.43. The summed E-state index contributed by atoms with van der Waals surface area (Å²) >= 11 is 0. The van der Waals surface area contributed by atoms with E-state index in [2.05, 4.69) is 35.6 Å². The fourth-order valence-corrected chi connectivity index (χ4v) is 3.89. The molecule has 0 saturated carbocycles. The first-order valence-electron chi connectivity index (χ1n) is 8.90. The number of halogens is 2. The van der Waals surface area contributed by atoms with Crippen LogP contribution in [0.25, 0.3) is 0 Å². The molecule has 0 spiro atoms. The van der Waals surface area contributed by atoms with E-state index in [1.165, 1.54) is 0 Å². The molecule has 0 aromatic heterocycles. The Morgan fingerprint density at radius 3 is 2.09 bits per heavy atom. The topological polar surface area (TPSA) is 9.72 Å². The summed E-state index contributed by atoms with van der Waals surface area (Å²) in [5.74, 6) is 0.591. The van der Waals surface area contributed by atoms with E-state index in [1.807, 2.05) is 0 Å². The van der Waals surface area contributed by atoms with Crippen molar-refractivity contribution in [1.29, 1.82) is 0 Å². The summed E-state index contributed by atoms with van der Waals surface area (Å²) in [7, 11) is 2.12. The molecule has 0 aliphatic carbocycles. The standard InChI is InChI=1S/C17H33F2N3/c1-14(2)21-10-4-15(5-11-21)12-22(13-17(18)19)16-6-8-20(3)9-7-16/h14-17H,4-13H2,1-3H3. The van der Waals surface area contributed by atoms with Gasteiger partial charge >= 0.3 is 0 Å². The monoisotopic (exact) mass is 317 g/mol. The lowest BCUT2D eigenvalue weighted by Gasteiger charge is -2.41. The fraction of sp³-hybridized carbons (Fsp3) is 1.00. The molecule has 0 atom stereocenters. The van der Waals surface area contributed by atoms with Crippen LogP contribution >= 0.6 is 0 Å². The molecular formula is C17H33F2N3. The van der Waals surface area contributed by atoms with E-state index in [0.717, 1.165) is 58.4 Å². The zero-order valence-corrected chi connectivity index (χ0v) is 14.5. The molecule has 0 bridgehead atoms. The van der Waals surface area contributed by atoms with Gasteiger partial charge in [0.25, 0.3) is 6.43 Å². The number of hydrogen-bond acceptors (Lipinski definition) is 3. The molecule has 0 unspecified atom stereocenters. The van der Waals surface area contributed by atoms with Crippen LogP contribution < -0.4 is 0 Å². The Balaban J connectivity index is 1.84. The zero-order valence-electron chi connectivity index (χ0n) is 14.5. The minimum Gasteiger partial charge on any atom is -0.306 e. The Labute approximate surface area is 134 Å². The van der Waals surface area contributed by atoms with Gasteiger partial charge < -0.3 is 9.80 Å². The van der Waals surface area contributed by atoms with Gasteiger partial charge in [-0.2, -0.15) is 0 Å². The van der Waals surface area contributed by atoms with Crippen molar-refractivity contribution in [3.63, 3.8) is 0 Å². The van der Waals surface area contributed by atoms with Gasteiger partial charge in [-0.15, -0.1) is 0 Å². The summed E-state index contributed by atoms with van der Waals surface area (Å²) < 4.78 is 26.0. The van der Waals surface area contributed by atoms with E-state index >= 15 is 0 Å². The maximum Gasteiger partial charge on any atom is 0.251 e. The van der Waals surface area contributed by atoms with E-state index in [1.54, 1.807) is 0 Å². The molecule has 0 aromatic carbocycles. The van der Waals surface area contributed by atoms with Crippen LogP contribution in [0.2, 0.25) is 0 Å². The fourth-order valence-electron chi connectivity index (χ4n) is 3.89. The number of hydrogen-bond donors (Lipinski definition) is 0. The smallest absolute Gasteiger partial charge is 0.251 e. The van der Waals surface area contributed by atoms with Gasteiger partial charge in [-0.05, 0) is 78.7 Å². The molecule has 3 nitrogen and oxygen atoms in total. The highest BCUT2D eigenvalue weighted by Gasteiger charge is 2.29. The normalized spacial score (nSPS) is 24.0. The lowest BCUT2D eigenvalue weighted by atomic mass is 9.93. The van der Waals surface area contributed by atoms with Crippen LogP contribution in [0.3, 0.4) is 0 Å². The van der Waals surface area contributed by atoms with E-state index in [4.69, 9.17) is 0 Å². The molecule has 0 amide bonds. The number of likely N-dealkylation sites (tertiary alicyclic amines) is 2. The summed E-state index contributed by atoms with van der Waals surface area (Å²) in [5, 5.41) is 0. The average molecular weight is 317 g/mol. The third-order valence-electron chi connectivity index (χ3n) is 5.45. The molecule has 2 rings (SSSR count). The Morgan fingerprint density at radius 2 is 1.59 bits per heavy atom. The maximum absolute atomic E-state index is 13.0. The van der Waals surface area contributed by atoms with E-state index in [-0.39, 0.29) is 6.54 Å². The summed E-state index contributed by atoms with van der Waals surface area (Å²) in [6.07, 6.45) is 2.17. The first kappa shape index (κ1) is 18.1. The van der Waals surface area contributed by atoms with Gasteiger partial charge in [-0.25, -0.2) is 8.78 Å². The molecule has 22 heavy (non-hydrogen) atoms. The molecule has 0 radical (unpaired) electrons. The lowest BCUT2D eigenvalue weighted by Crippen LogP contribution is -2.49. The van der Waals surface area contributed by atoms with Crippen LogP contribution in [0.15, 0.2) is 0 Å². The second-order valence-electron chi connectivity index (χ2n) is 7.45. The van der Waals surface area contributed by atoms with Gasteiger partial charge in [0.15, 0.2) is 0 Å². The second kappa shape index (κ2) is 8.55. The van der Waals surface area contributed by atoms with Crippen molar-refractivity contribution < 1.29 is 8.78 Å². The molecule has 5 heteroatoms. The summed E-state index contributed by atoms with van der Waals surface area (Å²) in [6.45, 7) is 9.62. The molecule has 2 aliphatic heterocycles. The van der Waals surface area contributed by atoms with Gasteiger partial charge in [0, 0.05) is 18.6 Å². The van der Waals surface area contributed by atoms with Gasteiger partial charge in [-0.3, -0.25) is 4.90 Å². The van der Waals surface area contributed by atoms with Crippen LogP contribution in [0, 0.1) is 5.92 Å². The average Bonchev–Trinajstić information content (AvgIpc) is 2.47. The first-order valence-corrected chi connectivity index (χ1v) is 8.90. The van der Waals surface area contributed by atoms with E-state index in [9.17, 15) is 8.78 Å². The zero-order chi connectivity index (χ0) is 16.1. The Hall–Kier alpha value is -0.260. The highest BCUT2D eigenvalue weighted by molar-refractivity contribution is 4.83. The highest BCUT2D eigenvalue weighted by Crippen LogP contribution is 2.24. The van der Waals surface area contributed by atoms with Crippen molar-refractivity contribution in [3.05, 3.63) is 0 Å². The van der Waals surface area contributed by atoms with Gasteiger partial charge in [-0.1, -0.05) is 0 Å². The summed E-state index contributed by atoms with van der Waals surface area (Å²) in [6, 6.07) is 0.959. The SMILES string of the molecule is CC(C)N1CCC(CN(CC(F)F)C2CCN(C)CC2)CC1. The Kier molecular flexibility index (Phi) is 7.03. The van der Waals surface area contributed by atoms with Gasteiger partial charge in [0.05, 0.1) is 6.54 Å². The van der Waals surface area contributed by atoms with Crippen molar-refractivity contribution in [2.75, 3.05) is 46.3 Å². The Morgan fingerprint density at radius 1 is 1.00 bits per heavy atom. The molecular weight excluding hydrogens is 284 g/mol. The van der Waals surface area contributed by atoms with Crippen LogP contribution in [0.1, 0.15) is 39.5 Å². The third-order valence-corrected chi connectivity index (χ3v) is 5.45. The first-order chi connectivity index (χ1) is 10.5. The van der Waals surface area contributed by atoms with Crippen LogP contribution in [-0.4, -0.2) is 79.5 Å². The predicted molar refractivity (Wildman–Crippen MR) is 87.5 cm³/mol. The van der Waals surface area contributed by atoms with Crippen LogP contribution in [0.5, 0.6) is 0 Å². The van der Waals surface area contributed by atoms with E-state index in [0.29, 0.717) is 18.0 Å². The van der Waals surface area contributed by atoms with Crippen molar-refractivity contribution in [2.45, 2.75) is 58.0 Å². The van der Waals surface area contributed by atoms with Crippen LogP contribution in [-0.2, 0) is 0 Å². The summed E-state index contributed by atoms with van der Waals surface area (Å²) in [4.78, 5) is 6.91. The number of nitrogens with zero attached hydrogens (tertiary/aromatic N) is 3. The minimum absolute atomic E-state index is 0.0429. The van der Waals surface area contributed by atoms with Crippen molar-refractivity contribution in [1.82, 2.24) is 14.7 Å². The largest absolute Gasteiger partial charge is 0.306 e. The number of rotatable bonds is 6. The van der Waals surface area contributed by atoms with Crippen molar-refractivity contribution >= 4 is 0 Å². The predicted octanol–water partition coefficient (Wildman–Crippen LogP) is 2.77. The van der Waals surface area contributed by atoms with Crippen LogP contribution in [0.4, 0.5) is 8.78 Å². The highest BCUT2D eigenvalue weighted by atomic mass is 19.3. The van der Waals surface area contributed by atoms with Crippen molar-refractivity contribution in [3.8, 4) is 0 Å². The molecule has 0 N–H and O–H groups in total. The van der Waals surface area contributed by atoms with E-state index < -0.39 is 6.43 Å². The molecule has 2 aliphatic rings. The van der Waals surface area contributed by atoms with Crippen molar-refractivity contribution in [2.24, 2.45) is 5.92 Å². The lowest BCUT2D eigenvalue weighted by molar-refractivity contribution is 0.0261. The van der Waals surface area contributed by atoms with Gasteiger partial charge in [0.1, 0.15) is 0 Å². The molecule has 2 heterocycles. The minimum atomic E-state index is -2.21. The van der Waals surface area contributed by atoms with Gasteiger partial charge in [0.2, 0.25) is 0 Å². The Bertz CT molecular complexity index is 309. The quantitative estimate of drug-likeness (QED) is 0.746. The number of piperidine rings is 2. The second-order valence-corrected chi connectivity index (χ2v) is 7.45. The number of alkyl halides is 2. The molecule has 0 aromatic rings. The molecule has 2 fully saturated rings. The summed E-state index contributed by atoms with van der Waals surface area (Å²) in [5.41, 5.74) is 0. The maximum atomic E-state index is 13.0.